The average Bonchev–Trinajstić information content (AvgIpc) is 3.59. The summed E-state index contributed by atoms with van der Waals surface area (Å²) in [5.41, 5.74) is 2.87. The summed E-state index contributed by atoms with van der Waals surface area (Å²) >= 11 is 6.42. The molecule has 14 nitrogen and oxygen atoms in total. The van der Waals surface area contributed by atoms with Gasteiger partial charge in [-0.3, -0.25) is 14.6 Å². The fraction of sp³-hybridized carbons (Fsp3) is 0.379. The van der Waals surface area contributed by atoms with Crippen LogP contribution in [0.5, 0.6) is 0 Å². The summed E-state index contributed by atoms with van der Waals surface area (Å²) in [6, 6.07) is 7.02. The summed E-state index contributed by atoms with van der Waals surface area (Å²) in [5.74, 6) is 1.19. The third kappa shape index (κ3) is 6.31. The molecule has 0 saturated carbocycles. The quantitative estimate of drug-likeness (QED) is 0.284. The number of likely N-dealkylation sites (N-methyl/N-ethyl adjacent to an activating group) is 1. The molecule has 0 unspecified atom stereocenters. The predicted molar refractivity (Wildman–Crippen MR) is 165 cm³/mol. The Morgan fingerprint density at radius 1 is 1.07 bits per heavy atom. The van der Waals surface area contributed by atoms with E-state index in [9.17, 15) is 9.59 Å². The van der Waals surface area contributed by atoms with Crippen molar-refractivity contribution in [3.8, 4) is 11.3 Å². The highest BCUT2D eigenvalue weighted by Gasteiger charge is 2.35. The number of pyridine rings is 2. The van der Waals surface area contributed by atoms with E-state index in [2.05, 4.69) is 52.6 Å². The Morgan fingerprint density at radius 3 is 2.66 bits per heavy atom. The second-order valence-corrected chi connectivity index (χ2v) is 11.3. The van der Waals surface area contributed by atoms with Crippen molar-refractivity contribution >= 4 is 41.0 Å². The molecule has 6 heterocycles. The van der Waals surface area contributed by atoms with Gasteiger partial charge in [0.2, 0.25) is 11.9 Å². The van der Waals surface area contributed by atoms with E-state index in [0.717, 1.165) is 37.7 Å². The van der Waals surface area contributed by atoms with Crippen LogP contribution in [0.2, 0.25) is 5.02 Å². The maximum Gasteiger partial charge on any atom is 0.256 e. The van der Waals surface area contributed by atoms with Crippen LogP contribution in [0.3, 0.4) is 0 Å². The fourth-order valence-corrected chi connectivity index (χ4v) is 5.40. The molecule has 4 aromatic rings. The Kier molecular flexibility index (Phi) is 8.35. The average molecular weight is 617 g/mol. The van der Waals surface area contributed by atoms with E-state index in [1.165, 1.54) is 15.9 Å². The smallest absolute Gasteiger partial charge is 0.256 e. The van der Waals surface area contributed by atoms with Crippen molar-refractivity contribution in [1.29, 1.82) is 0 Å². The van der Waals surface area contributed by atoms with Crippen molar-refractivity contribution in [1.82, 2.24) is 50.0 Å². The zero-order chi connectivity index (χ0) is 30.8. The number of anilines is 3. The molecule has 0 aromatic carbocycles. The molecule has 2 amide bonds. The molecular formula is C29H33ClN12O2. The molecule has 44 heavy (non-hydrogen) atoms. The molecule has 228 valence electrons. The maximum absolute atomic E-state index is 13.4. The highest BCUT2D eigenvalue weighted by atomic mass is 35.5. The van der Waals surface area contributed by atoms with E-state index < -0.39 is 6.04 Å². The molecule has 0 aliphatic carbocycles. The Balaban J connectivity index is 1.07. The van der Waals surface area contributed by atoms with Gasteiger partial charge in [-0.05, 0) is 32.2 Å². The number of piperazine rings is 1. The first kappa shape index (κ1) is 29.4. The topological polar surface area (TPSA) is 150 Å². The van der Waals surface area contributed by atoms with E-state index in [4.69, 9.17) is 16.6 Å². The van der Waals surface area contributed by atoms with Gasteiger partial charge >= 0.3 is 0 Å². The standard InChI is InChI=1S/C29H33ClN12O2/c1-18(27(43)31-8-7-20-5-4-6-25(35-20)41-11-9-39(2)10-12-41)42-17-23-21(28(42)44)13-19(14-32-23)26-22(30)15-33-29(37-26)36-24-16-34-40(3)38-24/h4-6,13-16,18H,7-12,17H2,1-3H3,(H,31,43)(H,33,36,37,38)/t18-/m1/s1. The van der Waals surface area contributed by atoms with Crippen LogP contribution < -0.4 is 15.5 Å². The lowest BCUT2D eigenvalue weighted by molar-refractivity contribution is -0.125. The number of nitrogens with one attached hydrogen (secondary N) is 2. The number of hydrogen-bond donors (Lipinski definition) is 2. The first-order valence-electron chi connectivity index (χ1n) is 14.4. The molecule has 2 N–H and O–H groups in total. The molecule has 0 radical (unpaired) electrons. The van der Waals surface area contributed by atoms with Gasteiger partial charge in [-0.1, -0.05) is 17.7 Å². The number of hydrogen-bond acceptors (Lipinski definition) is 11. The second-order valence-electron chi connectivity index (χ2n) is 10.9. The van der Waals surface area contributed by atoms with Gasteiger partial charge in [0, 0.05) is 63.6 Å². The Labute approximate surface area is 259 Å². The minimum atomic E-state index is -0.685. The minimum absolute atomic E-state index is 0.231. The zero-order valence-electron chi connectivity index (χ0n) is 24.7. The lowest BCUT2D eigenvalue weighted by Gasteiger charge is -2.33. The molecule has 4 aromatic heterocycles. The molecule has 2 aliphatic heterocycles. The summed E-state index contributed by atoms with van der Waals surface area (Å²) in [6.07, 6.45) is 5.22. The van der Waals surface area contributed by atoms with E-state index in [1.54, 1.807) is 32.4 Å². The zero-order valence-corrected chi connectivity index (χ0v) is 25.5. The number of fused-ring (bicyclic) bond motifs is 1. The van der Waals surface area contributed by atoms with Crippen molar-refractivity contribution in [2.45, 2.75) is 25.9 Å². The first-order chi connectivity index (χ1) is 21.2. The maximum atomic E-state index is 13.4. The number of amides is 2. The third-order valence-corrected chi connectivity index (χ3v) is 8.06. The summed E-state index contributed by atoms with van der Waals surface area (Å²) < 4.78 is 0. The normalized spacial score (nSPS) is 15.8. The van der Waals surface area contributed by atoms with Gasteiger partial charge in [0.1, 0.15) is 11.9 Å². The Hall–Kier alpha value is -4.69. The molecule has 2 aliphatic rings. The minimum Gasteiger partial charge on any atom is -0.354 e. The molecule has 15 heteroatoms. The van der Waals surface area contributed by atoms with Crippen molar-refractivity contribution in [3.63, 3.8) is 0 Å². The number of halogens is 1. The lowest BCUT2D eigenvalue weighted by atomic mass is 10.1. The lowest BCUT2D eigenvalue weighted by Crippen LogP contribution is -2.45. The van der Waals surface area contributed by atoms with Gasteiger partial charge in [-0.25, -0.2) is 15.0 Å². The Bertz CT molecular complexity index is 1690. The fourth-order valence-electron chi connectivity index (χ4n) is 5.20. The summed E-state index contributed by atoms with van der Waals surface area (Å²) in [6.45, 7) is 6.26. The molecule has 1 atom stereocenters. The summed E-state index contributed by atoms with van der Waals surface area (Å²) in [7, 11) is 3.83. The monoisotopic (exact) mass is 616 g/mol. The third-order valence-electron chi connectivity index (χ3n) is 7.79. The van der Waals surface area contributed by atoms with Crippen LogP contribution in [-0.4, -0.2) is 102 Å². The van der Waals surface area contributed by atoms with Crippen LogP contribution >= 0.6 is 11.6 Å². The predicted octanol–water partition coefficient (Wildman–Crippen LogP) is 1.91. The van der Waals surface area contributed by atoms with Crippen molar-refractivity contribution in [3.05, 3.63) is 64.8 Å². The molecule has 0 bridgehead atoms. The number of rotatable bonds is 9. The number of carbonyl (C=O) groups is 2. The highest BCUT2D eigenvalue weighted by Crippen LogP contribution is 2.31. The van der Waals surface area contributed by atoms with Crippen molar-refractivity contribution in [2.75, 3.05) is 50.0 Å². The van der Waals surface area contributed by atoms with Crippen molar-refractivity contribution < 1.29 is 9.59 Å². The number of aromatic nitrogens is 7. The summed E-state index contributed by atoms with van der Waals surface area (Å²) in [5, 5.41) is 14.4. The van der Waals surface area contributed by atoms with E-state index >= 15 is 0 Å². The molecule has 1 fully saturated rings. The molecule has 1 saturated heterocycles. The van der Waals surface area contributed by atoms with Gasteiger partial charge in [0.25, 0.3) is 5.91 Å². The number of carbonyl (C=O) groups excluding carboxylic acids is 2. The van der Waals surface area contributed by atoms with Gasteiger partial charge in [0.15, 0.2) is 5.82 Å². The van der Waals surface area contributed by atoms with Crippen LogP contribution in [0.15, 0.2) is 42.9 Å². The van der Waals surface area contributed by atoms with Crippen LogP contribution in [0.4, 0.5) is 17.6 Å². The van der Waals surface area contributed by atoms with E-state index in [0.29, 0.717) is 46.3 Å². The van der Waals surface area contributed by atoms with Crippen LogP contribution in [0.1, 0.15) is 28.7 Å². The van der Waals surface area contributed by atoms with Gasteiger partial charge in [0.05, 0.1) is 40.9 Å². The molecule has 6 rings (SSSR count). The largest absolute Gasteiger partial charge is 0.354 e. The number of nitrogens with zero attached hydrogens (tertiary/aromatic N) is 10. The Morgan fingerprint density at radius 2 is 1.89 bits per heavy atom. The van der Waals surface area contributed by atoms with Crippen LogP contribution in [0.25, 0.3) is 11.3 Å². The SMILES string of the molecule is C[C@H](C(=O)NCCc1cccc(N2CCN(C)CC2)n1)N1Cc2ncc(-c3nc(Nc4cnn(C)n4)ncc3Cl)cc2C1=O. The molecule has 0 spiro atoms. The number of aryl methyl sites for hydroxylation is 1. The second kappa shape index (κ2) is 12.5. The highest BCUT2D eigenvalue weighted by molar-refractivity contribution is 6.33. The van der Waals surface area contributed by atoms with E-state index in [-0.39, 0.29) is 24.3 Å². The van der Waals surface area contributed by atoms with Gasteiger partial charge < -0.3 is 25.3 Å². The van der Waals surface area contributed by atoms with Crippen LogP contribution in [0, 0.1) is 0 Å². The van der Waals surface area contributed by atoms with Gasteiger partial charge in [-0.15, -0.1) is 5.10 Å². The van der Waals surface area contributed by atoms with E-state index in [1.807, 2.05) is 18.2 Å². The van der Waals surface area contributed by atoms with Gasteiger partial charge in [-0.2, -0.15) is 9.90 Å². The molecular weight excluding hydrogens is 584 g/mol. The van der Waals surface area contributed by atoms with Crippen molar-refractivity contribution in [2.24, 2.45) is 7.05 Å². The first-order valence-corrected chi connectivity index (χ1v) is 14.8. The summed E-state index contributed by atoms with van der Waals surface area (Å²) in [4.78, 5) is 52.0. The van der Waals surface area contributed by atoms with Crippen LogP contribution in [-0.2, 0) is 24.8 Å².